The highest BCUT2D eigenvalue weighted by Gasteiger charge is 2.21. The first-order chi connectivity index (χ1) is 9.13. The zero-order valence-electron chi connectivity index (χ0n) is 11.4. The molecule has 1 aromatic heterocycles. The molecule has 1 aromatic rings. The number of carbonyl (C=O) groups excluding carboxylic acids is 1. The minimum atomic E-state index is -0.215. The molecule has 2 rings (SSSR count). The second-order valence-electron chi connectivity index (χ2n) is 4.90. The summed E-state index contributed by atoms with van der Waals surface area (Å²) in [5.74, 6) is 4.95. The van der Waals surface area contributed by atoms with Crippen LogP contribution in [0.4, 0.5) is 0 Å². The molecule has 0 aliphatic carbocycles. The van der Waals surface area contributed by atoms with Gasteiger partial charge in [-0.25, -0.2) is 5.84 Å². The summed E-state index contributed by atoms with van der Waals surface area (Å²) in [5.41, 5.74) is 3.39. The average molecular weight is 283 g/mol. The van der Waals surface area contributed by atoms with Gasteiger partial charge in [0.05, 0.1) is 11.0 Å². The van der Waals surface area contributed by atoms with E-state index in [-0.39, 0.29) is 5.91 Å². The van der Waals surface area contributed by atoms with Crippen molar-refractivity contribution in [2.24, 2.45) is 5.84 Å². The number of likely N-dealkylation sites (tertiary alicyclic amines) is 1. The van der Waals surface area contributed by atoms with Crippen molar-refractivity contribution in [1.82, 2.24) is 10.3 Å². The van der Waals surface area contributed by atoms with Crippen molar-refractivity contribution in [2.45, 2.75) is 32.4 Å². The molecule has 2 heterocycles. The molecule has 19 heavy (non-hydrogen) atoms. The Labute approximate surface area is 117 Å². The Bertz CT molecular complexity index is 447. The molecular weight excluding hydrogens is 262 g/mol. The number of nitrogens with one attached hydrogen (secondary N) is 1. The van der Waals surface area contributed by atoms with Crippen molar-refractivity contribution in [1.29, 1.82) is 0 Å². The highest BCUT2D eigenvalue weighted by atomic mass is 32.1. The predicted molar refractivity (Wildman–Crippen MR) is 76.0 cm³/mol. The van der Waals surface area contributed by atoms with Crippen LogP contribution in [-0.2, 0) is 11.3 Å². The number of piperidine rings is 1. The summed E-state index contributed by atoms with van der Waals surface area (Å²) < 4.78 is 5.43. The van der Waals surface area contributed by atoms with Gasteiger partial charge in [-0.1, -0.05) is 0 Å². The number of nitrogen functional groups attached to an aromatic ring is 1. The summed E-state index contributed by atoms with van der Waals surface area (Å²) in [4.78, 5) is 15.8. The standard InChI is InChI=1S/C13H21N3O2S/c1-9-10(6-12(19-9)13(17)15-14)7-16-5-3-4-11(8-16)18-2/h6,11H,3-5,7-8,14H2,1-2H3,(H,15,17). The van der Waals surface area contributed by atoms with E-state index in [1.807, 2.05) is 13.0 Å². The quantitative estimate of drug-likeness (QED) is 0.496. The van der Waals surface area contributed by atoms with Gasteiger partial charge in [-0.3, -0.25) is 15.1 Å². The molecule has 1 saturated heterocycles. The zero-order valence-corrected chi connectivity index (χ0v) is 12.3. The number of hydrazine groups is 1. The van der Waals surface area contributed by atoms with Crippen molar-refractivity contribution < 1.29 is 9.53 Å². The number of amides is 1. The number of ether oxygens (including phenoxy) is 1. The molecule has 3 N–H and O–H groups in total. The first-order valence-electron chi connectivity index (χ1n) is 6.49. The Balaban J connectivity index is 2.02. The second-order valence-corrected chi connectivity index (χ2v) is 6.16. The smallest absolute Gasteiger partial charge is 0.275 e. The SMILES string of the molecule is COC1CCCN(Cc2cc(C(=O)NN)sc2C)C1. The van der Waals surface area contributed by atoms with Crippen LogP contribution in [-0.4, -0.2) is 37.1 Å². The summed E-state index contributed by atoms with van der Waals surface area (Å²) in [6.07, 6.45) is 2.63. The van der Waals surface area contributed by atoms with Crippen LogP contribution in [0.25, 0.3) is 0 Å². The fourth-order valence-electron chi connectivity index (χ4n) is 2.45. The molecule has 106 valence electrons. The molecule has 0 saturated carbocycles. The van der Waals surface area contributed by atoms with Crippen LogP contribution in [0.1, 0.15) is 33.0 Å². The van der Waals surface area contributed by atoms with Crippen molar-refractivity contribution >= 4 is 17.2 Å². The van der Waals surface area contributed by atoms with Gasteiger partial charge in [-0.15, -0.1) is 11.3 Å². The fraction of sp³-hybridized carbons (Fsp3) is 0.615. The Kier molecular flexibility index (Phi) is 4.93. The van der Waals surface area contributed by atoms with E-state index >= 15 is 0 Å². The van der Waals surface area contributed by atoms with E-state index in [0.29, 0.717) is 11.0 Å². The molecule has 0 spiro atoms. The molecular formula is C13H21N3O2S. The Morgan fingerprint density at radius 2 is 2.47 bits per heavy atom. The lowest BCUT2D eigenvalue weighted by Crippen LogP contribution is -2.38. The van der Waals surface area contributed by atoms with E-state index in [4.69, 9.17) is 10.6 Å². The van der Waals surface area contributed by atoms with Gasteiger partial charge in [-0.2, -0.15) is 0 Å². The van der Waals surface area contributed by atoms with Gasteiger partial charge in [0, 0.05) is 25.1 Å². The molecule has 0 radical (unpaired) electrons. The van der Waals surface area contributed by atoms with Crippen molar-refractivity contribution in [3.05, 3.63) is 21.4 Å². The molecule has 0 aromatic carbocycles. The number of hydrogen-bond acceptors (Lipinski definition) is 5. The summed E-state index contributed by atoms with van der Waals surface area (Å²) >= 11 is 1.49. The summed E-state index contributed by atoms with van der Waals surface area (Å²) in [7, 11) is 1.77. The zero-order chi connectivity index (χ0) is 13.8. The van der Waals surface area contributed by atoms with Crippen molar-refractivity contribution in [3.8, 4) is 0 Å². The predicted octanol–water partition coefficient (Wildman–Crippen LogP) is 1.27. The summed E-state index contributed by atoms with van der Waals surface area (Å²) in [6.45, 7) is 4.98. The van der Waals surface area contributed by atoms with Crippen LogP contribution in [0, 0.1) is 6.92 Å². The molecule has 0 bridgehead atoms. The van der Waals surface area contributed by atoms with Crippen LogP contribution in [0.15, 0.2) is 6.07 Å². The highest BCUT2D eigenvalue weighted by molar-refractivity contribution is 7.14. The third kappa shape index (κ3) is 3.54. The van der Waals surface area contributed by atoms with E-state index in [0.717, 1.165) is 32.5 Å². The normalized spacial score (nSPS) is 20.5. The van der Waals surface area contributed by atoms with E-state index in [1.165, 1.54) is 21.8 Å². The molecule has 1 unspecified atom stereocenters. The molecule has 1 aliphatic rings. The first kappa shape index (κ1) is 14.5. The third-order valence-corrected chi connectivity index (χ3v) is 4.66. The average Bonchev–Trinajstić information content (AvgIpc) is 2.79. The van der Waals surface area contributed by atoms with Gasteiger partial charge >= 0.3 is 0 Å². The second kappa shape index (κ2) is 6.47. The number of hydrogen-bond donors (Lipinski definition) is 2. The van der Waals surface area contributed by atoms with Crippen LogP contribution < -0.4 is 11.3 Å². The van der Waals surface area contributed by atoms with Crippen LogP contribution in [0.5, 0.6) is 0 Å². The molecule has 5 nitrogen and oxygen atoms in total. The number of carbonyl (C=O) groups is 1. The Hall–Kier alpha value is -0.950. The minimum Gasteiger partial charge on any atom is -0.380 e. The third-order valence-electron chi connectivity index (χ3n) is 3.57. The van der Waals surface area contributed by atoms with Gasteiger partial charge in [0.2, 0.25) is 0 Å². The number of rotatable bonds is 4. The lowest BCUT2D eigenvalue weighted by atomic mass is 10.1. The maximum absolute atomic E-state index is 11.5. The molecule has 1 amide bonds. The topological polar surface area (TPSA) is 67.6 Å². The van der Waals surface area contributed by atoms with Gasteiger partial charge in [0.15, 0.2) is 0 Å². The monoisotopic (exact) mass is 283 g/mol. The van der Waals surface area contributed by atoms with Crippen LogP contribution in [0.3, 0.4) is 0 Å². The van der Waals surface area contributed by atoms with Gasteiger partial charge in [-0.05, 0) is 37.9 Å². The van der Waals surface area contributed by atoms with Crippen molar-refractivity contribution in [3.63, 3.8) is 0 Å². The number of nitrogens with zero attached hydrogens (tertiary/aromatic N) is 1. The van der Waals surface area contributed by atoms with Gasteiger partial charge in [0.25, 0.3) is 5.91 Å². The summed E-state index contributed by atoms with van der Waals surface area (Å²) in [6, 6.07) is 1.94. The minimum absolute atomic E-state index is 0.215. The van der Waals surface area contributed by atoms with Gasteiger partial charge in [0.1, 0.15) is 0 Å². The number of thiophene rings is 1. The van der Waals surface area contributed by atoms with E-state index in [9.17, 15) is 4.79 Å². The maximum Gasteiger partial charge on any atom is 0.275 e. The van der Waals surface area contributed by atoms with Gasteiger partial charge < -0.3 is 4.74 Å². The first-order valence-corrected chi connectivity index (χ1v) is 7.31. The summed E-state index contributed by atoms with van der Waals surface area (Å²) in [5, 5.41) is 0. The molecule has 1 atom stereocenters. The molecule has 6 heteroatoms. The van der Waals surface area contributed by atoms with Crippen molar-refractivity contribution in [2.75, 3.05) is 20.2 Å². The molecule has 1 fully saturated rings. The maximum atomic E-state index is 11.5. The van der Waals surface area contributed by atoms with Crippen LogP contribution >= 0.6 is 11.3 Å². The van der Waals surface area contributed by atoms with E-state index < -0.39 is 0 Å². The Morgan fingerprint density at radius 1 is 1.68 bits per heavy atom. The fourth-order valence-corrected chi connectivity index (χ4v) is 3.39. The largest absolute Gasteiger partial charge is 0.380 e. The molecule has 1 aliphatic heterocycles. The number of aryl methyl sites for hydroxylation is 1. The highest BCUT2D eigenvalue weighted by Crippen LogP contribution is 2.24. The lowest BCUT2D eigenvalue weighted by molar-refractivity contribution is 0.0285. The number of methoxy groups -OCH3 is 1. The van der Waals surface area contributed by atoms with Crippen LogP contribution in [0.2, 0.25) is 0 Å². The lowest BCUT2D eigenvalue weighted by Gasteiger charge is -2.31. The van der Waals surface area contributed by atoms with E-state index in [1.54, 1.807) is 7.11 Å². The Morgan fingerprint density at radius 3 is 3.16 bits per heavy atom. The van der Waals surface area contributed by atoms with E-state index in [2.05, 4.69) is 10.3 Å². The number of nitrogens with two attached hydrogens (primary N) is 1.